The minimum atomic E-state index is -3.82. The second-order valence-corrected chi connectivity index (χ2v) is 7.43. The summed E-state index contributed by atoms with van der Waals surface area (Å²) in [7, 11) is -3.82. The van der Waals surface area contributed by atoms with Gasteiger partial charge in [-0.2, -0.15) is 0 Å². The van der Waals surface area contributed by atoms with Gasteiger partial charge < -0.3 is 5.32 Å². The van der Waals surface area contributed by atoms with Crippen molar-refractivity contribution in [3.8, 4) is 0 Å². The monoisotopic (exact) mass is 378 g/mol. The summed E-state index contributed by atoms with van der Waals surface area (Å²) in [6.45, 7) is 5.57. The van der Waals surface area contributed by atoms with Crippen molar-refractivity contribution in [3.63, 3.8) is 0 Å². The second-order valence-electron chi connectivity index (χ2n) is 5.29. The molecule has 0 aromatic heterocycles. The predicted molar refractivity (Wildman–Crippen MR) is 101 cm³/mol. The zero-order valence-electron chi connectivity index (χ0n) is 13.8. The van der Waals surface area contributed by atoms with Gasteiger partial charge in [0.15, 0.2) is 0 Å². The smallest absolute Gasteiger partial charge is 0.255 e. The third-order valence-electron chi connectivity index (χ3n) is 3.52. The third-order valence-corrected chi connectivity index (χ3v) is 5.43. The average Bonchev–Trinajstić information content (AvgIpc) is 2.60. The molecule has 2 aromatic rings. The number of carbonyl (C=O) groups is 1. The number of nitrogens with one attached hydrogen (secondary N) is 2. The molecule has 0 spiro atoms. The molecular formula is C18H19ClN2O3S. The van der Waals surface area contributed by atoms with Crippen LogP contribution in [0.3, 0.4) is 0 Å². The Morgan fingerprint density at radius 2 is 1.88 bits per heavy atom. The van der Waals surface area contributed by atoms with Gasteiger partial charge in [-0.1, -0.05) is 36.7 Å². The number of aryl methyl sites for hydroxylation is 1. The van der Waals surface area contributed by atoms with Crippen LogP contribution in [0.1, 0.15) is 22.8 Å². The molecule has 0 heterocycles. The van der Waals surface area contributed by atoms with Crippen molar-refractivity contribution in [3.05, 3.63) is 71.3 Å². The molecule has 0 fully saturated rings. The first-order valence-corrected chi connectivity index (χ1v) is 9.54. The Kier molecular flexibility index (Phi) is 6.36. The molecule has 0 bridgehead atoms. The Morgan fingerprint density at radius 1 is 1.20 bits per heavy atom. The molecule has 5 nitrogen and oxygen atoms in total. The molecule has 0 radical (unpaired) electrons. The zero-order valence-corrected chi connectivity index (χ0v) is 15.3. The fraction of sp³-hybridized carbons (Fsp3) is 0.167. The summed E-state index contributed by atoms with van der Waals surface area (Å²) in [5.74, 6) is -0.416. The van der Waals surface area contributed by atoms with Gasteiger partial charge >= 0.3 is 0 Å². The van der Waals surface area contributed by atoms with Gasteiger partial charge in [0, 0.05) is 17.8 Å². The second kappa shape index (κ2) is 8.29. The lowest BCUT2D eigenvalue weighted by atomic mass is 10.1. The van der Waals surface area contributed by atoms with E-state index in [1.165, 1.54) is 24.3 Å². The van der Waals surface area contributed by atoms with Crippen molar-refractivity contribution < 1.29 is 13.2 Å². The van der Waals surface area contributed by atoms with Crippen LogP contribution >= 0.6 is 11.6 Å². The van der Waals surface area contributed by atoms with Gasteiger partial charge in [0.2, 0.25) is 10.0 Å². The van der Waals surface area contributed by atoms with Crippen LogP contribution in [0.5, 0.6) is 0 Å². The van der Waals surface area contributed by atoms with Gasteiger partial charge in [0.25, 0.3) is 5.91 Å². The van der Waals surface area contributed by atoms with E-state index < -0.39 is 15.9 Å². The summed E-state index contributed by atoms with van der Waals surface area (Å²) in [6, 6.07) is 11.6. The molecule has 1 amide bonds. The van der Waals surface area contributed by atoms with Gasteiger partial charge in [0.1, 0.15) is 4.90 Å². The molecule has 0 aliphatic rings. The zero-order chi connectivity index (χ0) is 18.4. The Balaban J connectivity index is 2.25. The van der Waals surface area contributed by atoms with E-state index in [0.717, 1.165) is 12.0 Å². The average molecular weight is 379 g/mol. The van der Waals surface area contributed by atoms with E-state index in [2.05, 4.69) is 16.6 Å². The molecule has 2 rings (SSSR count). The van der Waals surface area contributed by atoms with Gasteiger partial charge in [-0.15, -0.1) is 6.58 Å². The van der Waals surface area contributed by atoms with Crippen LogP contribution < -0.4 is 10.0 Å². The molecule has 0 saturated heterocycles. The van der Waals surface area contributed by atoms with Crippen molar-refractivity contribution in [2.24, 2.45) is 0 Å². The quantitative estimate of drug-likeness (QED) is 0.722. The minimum absolute atomic E-state index is 0.0420. The molecule has 2 aromatic carbocycles. The lowest BCUT2D eigenvalue weighted by molar-refractivity contribution is 0.102. The fourth-order valence-electron chi connectivity index (χ4n) is 2.12. The highest BCUT2D eigenvalue weighted by molar-refractivity contribution is 7.89. The van der Waals surface area contributed by atoms with E-state index in [-0.39, 0.29) is 22.0 Å². The van der Waals surface area contributed by atoms with Crippen molar-refractivity contribution in [1.29, 1.82) is 0 Å². The summed E-state index contributed by atoms with van der Waals surface area (Å²) >= 11 is 5.98. The van der Waals surface area contributed by atoms with Crippen molar-refractivity contribution >= 4 is 33.2 Å². The number of carbonyl (C=O) groups excluding carboxylic acids is 1. The molecule has 25 heavy (non-hydrogen) atoms. The number of rotatable bonds is 7. The molecular weight excluding hydrogens is 360 g/mol. The summed E-state index contributed by atoms with van der Waals surface area (Å²) in [5.41, 5.74) is 1.99. The normalized spacial score (nSPS) is 11.1. The Bertz CT molecular complexity index is 878. The SMILES string of the molecule is C=CCNS(=O)(=O)c1cc(C(=O)Nc2ccc(CC)cc2)ccc1Cl. The van der Waals surface area contributed by atoms with Gasteiger partial charge in [-0.05, 0) is 42.3 Å². The number of benzene rings is 2. The fourth-order valence-corrected chi connectivity index (χ4v) is 3.65. The lowest BCUT2D eigenvalue weighted by Gasteiger charge is -2.10. The number of anilines is 1. The number of halogens is 1. The molecule has 0 aliphatic heterocycles. The molecule has 0 saturated carbocycles. The largest absolute Gasteiger partial charge is 0.322 e. The van der Waals surface area contributed by atoms with Crippen LogP contribution in [0, 0.1) is 0 Å². The molecule has 132 valence electrons. The van der Waals surface area contributed by atoms with Crippen LogP contribution in [0.25, 0.3) is 0 Å². The van der Waals surface area contributed by atoms with E-state index in [4.69, 9.17) is 11.6 Å². The van der Waals surface area contributed by atoms with Crippen molar-refractivity contribution in [2.45, 2.75) is 18.2 Å². The molecule has 0 aliphatic carbocycles. The summed E-state index contributed by atoms with van der Waals surface area (Å²) in [6.07, 6.45) is 2.33. The van der Waals surface area contributed by atoms with Crippen molar-refractivity contribution in [2.75, 3.05) is 11.9 Å². The first kappa shape index (κ1) is 19.2. The van der Waals surface area contributed by atoms with Crippen LogP contribution in [0.15, 0.2) is 60.0 Å². The summed E-state index contributed by atoms with van der Waals surface area (Å²) < 4.78 is 26.8. The number of hydrogen-bond donors (Lipinski definition) is 2. The topological polar surface area (TPSA) is 75.3 Å². The van der Waals surface area contributed by atoms with Crippen LogP contribution in [0.2, 0.25) is 5.02 Å². The predicted octanol–water partition coefficient (Wildman–Crippen LogP) is 3.62. The Morgan fingerprint density at radius 3 is 2.48 bits per heavy atom. The van der Waals surface area contributed by atoms with E-state index in [1.54, 1.807) is 12.1 Å². The molecule has 0 unspecified atom stereocenters. The highest BCUT2D eigenvalue weighted by Gasteiger charge is 2.19. The molecule has 2 N–H and O–H groups in total. The summed E-state index contributed by atoms with van der Waals surface area (Å²) in [5, 5.41) is 2.78. The first-order chi connectivity index (χ1) is 11.9. The first-order valence-electron chi connectivity index (χ1n) is 7.67. The highest BCUT2D eigenvalue weighted by Crippen LogP contribution is 2.23. The maximum absolute atomic E-state index is 12.4. The van der Waals surface area contributed by atoms with Gasteiger partial charge in [-0.25, -0.2) is 13.1 Å². The Hall–Kier alpha value is -2.15. The van der Waals surface area contributed by atoms with E-state index in [0.29, 0.717) is 5.69 Å². The lowest BCUT2D eigenvalue weighted by Crippen LogP contribution is -2.24. The highest BCUT2D eigenvalue weighted by atomic mass is 35.5. The van der Waals surface area contributed by atoms with Crippen molar-refractivity contribution in [1.82, 2.24) is 4.72 Å². The maximum atomic E-state index is 12.4. The molecule has 7 heteroatoms. The maximum Gasteiger partial charge on any atom is 0.255 e. The van der Waals surface area contributed by atoms with Gasteiger partial charge in [-0.3, -0.25) is 4.79 Å². The van der Waals surface area contributed by atoms with E-state index >= 15 is 0 Å². The van der Waals surface area contributed by atoms with E-state index in [1.807, 2.05) is 19.1 Å². The van der Waals surface area contributed by atoms with E-state index in [9.17, 15) is 13.2 Å². The number of hydrogen-bond acceptors (Lipinski definition) is 3. The van der Waals surface area contributed by atoms with Crippen LogP contribution in [-0.2, 0) is 16.4 Å². The minimum Gasteiger partial charge on any atom is -0.322 e. The third kappa shape index (κ3) is 4.92. The van der Waals surface area contributed by atoms with Crippen LogP contribution in [-0.4, -0.2) is 20.9 Å². The number of amides is 1. The standard InChI is InChI=1S/C18H19ClN2O3S/c1-3-11-20-25(23,24)17-12-14(7-10-16(17)19)18(22)21-15-8-5-13(4-2)6-9-15/h3,5-10,12,20H,1,4,11H2,2H3,(H,21,22). The number of sulfonamides is 1. The Labute approximate surface area is 152 Å². The van der Waals surface area contributed by atoms with Crippen LogP contribution in [0.4, 0.5) is 5.69 Å². The van der Waals surface area contributed by atoms with Gasteiger partial charge in [0.05, 0.1) is 5.02 Å². The molecule has 0 atom stereocenters. The summed E-state index contributed by atoms with van der Waals surface area (Å²) in [4.78, 5) is 12.2.